The van der Waals surface area contributed by atoms with Gasteiger partial charge in [-0.05, 0) is 30.2 Å². The van der Waals surface area contributed by atoms with Crippen LogP contribution in [-0.2, 0) is 27.2 Å². The Bertz CT molecular complexity index is 1180. The topological polar surface area (TPSA) is 96.8 Å². The van der Waals surface area contributed by atoms with E-state index in [4.69, 9.17) is 5.11 Å². The Labute approximate surface area is 212 Å². The van der Waals surface area contributed by atoms with E-state index in [1.54, 1.807) is 19.6 Å². The fourth-order valence-corrected chi connectivity index (χ4v) is 6.09. The van der Waals surface area contributed by atoms with E-state index in [0.29, 0.717) is 5.56 Å². The van der Waals surface area contributed by atoms with E-state index >= 15 is 0 Å². The smallest absolute Gasteiger partial charge is 0.388 e. The molecule has 2 aromatic rings. The Balaban J connectivity index is 1.94. The van der Waals surface area contributed by atoms with E-state index < -0.39 is 56.4 Å². The van der Waals surface area contributed by atoms with Crippen LogP contribution in [0, 0.1) is 11.6 Å². The van der Waals surface area contributed by atoms with Gasteiger partial charge in [0.2, 0.25) is 11.8 Å². The highest BCUT2D eigenvalue weighted by Crippen LogP contribution is 2.33. The molecule has 1 atom stereocenters. The van der Waals surface area contributed by atoms with Gasteiger partial charge in [-0.25, -0.2) is 13.8 Å². The fraction of sp³-hybridized carbons (Fsp3) is 0.440. The summed E-state index contributed by atoms with van der Waals surface area (Å²) < 4.78 is 59.2. The highest BCUT2D eigenvalue weighted by atomic mass is 28.3. The second kappa shape index (κ2) is 11.4. The quantitative estimate of drug-likeness (QED) is 0.362. The molecule has 7 nitrogen and oxygen atoms in total. The third-order valence-electron chi connectivity index (χ3n) is 6.03. The number of hydrogen-bond donors (Lipinski definition) is 1. The van der Waals surface area contributed by atoms with Gasteiger partial charge < -0.3 is 14.7 Å². The van der Waals surface area contributed by atoms with Crippen LogP contribution in [0.4, 0.5) is 17.6 Å². The van der Waals surface area contributed by atoms with Crippen molar-refractivity contribution < 1.29 is 41.8 Å². The standard InChI is InChI=1S/C25H28F4N2O5Si/c1-37(2,3)24-16(26)11-14(12-17(24)27)13-19(32)23-15-7-8-20(36-25(28)29)30-18(15)9-10-31(23)21(33)5-4-6-22(34)35/h7-8,11-12,23,25H,4-6,9-10,13H2,1-3H3,(H,34,35)/t23-/m1/s1. The molecule has 12 heteroatoms. The number of rotatable bonds is 10. The molecule has 0 saturated heterocycles. The van der Waals surface area contributed by atoms with E-state index in [-0.39, 0.29) is 54.6 Å². The molecule has 0 spiro atoms. The number of amides is 1. The Hall–Kier alpha value is -3.28. The first-order valence-corrected chi connectivity index (χ1v) is 15.2. The van der Waals surface area contributed by atoms with Crippen LogP contribution in [0.1, 0.15) is 42.1 Å². The molecule has 1 aliphatic rings. The van der Waals surface area contributed by atoms with Gasteiger partial charge in [0.25, 0.3) is 0 Å². The van der Waals surface area contributed by atoms with Crippen molar-refractivity contribution in [3.8, 4) is 5.88 Å². The predicted molar refractivity (Wildman–Crippen MR) is 129 cm³/mol. The molecule has 0 saturated carbocycles. The number of halogens is 4. The maximum atomic E-state index is 14.8. The third-order valence-corrected chi connectivity index (χ3v) is 8.00. The SMILES string of the molecule is C[Si](C)(C)c1c(F)cc(CC(=O)[C@H]2c3ccc(OC(F)F)nc3CCN2C(=O)CCCC(=O)O)cc1F. The van der Waals surface area contributed by atoms with Gasteiger partial charge in [0, 0.05) is 49.0 Å². The molecule has 0 fully saturated rings. The van der Waals surface area contributed by atoms with Gasteiger partial charge in [0.1, 0.15) is 17.7 Å². The molecular weight excluding hydrogens is 512 g/mol. The summed E-state index contributed by atoms with van der Waals surface area (Å²) in [7, 11) is -2.33. The van der Waals surface area contributed by atoms with Crippen molar-refractivity contribution in [3.63, 3.8) is 0 Å². The van der Waals surface area contributed by atoms with Crippen molar-refractivity contribution in [2.24, 2.45) is 0 Å². The van der Waals surface area contributed by atoms with Gasteiger partial charge in [-0.15, -0.1) is 0 Å². The zero-order valence-electron chi connectivity index (χ0n) is 20.7. The Morgan fingerprint density at radius 2 is 1.78 bits per heavy atom. The van der Waals surface area contributed by atoms with Crippen LogP contribution in [0.15, 0.2) is 24.3 Å². The zero-order valence-corrected chi connectivity index (χ0v) is 21.7. The van der Waals surface area contributed by atoms with E-state index in [1.165, 1.54) is 11.0 Å². The highest BCUT2D eigenvalue weighted by molar-refractivity contribution is 6.88. The van der Waals surface area contributed by atoms with Crippen molar-refractivity contribution in [1.29, 1.82) is 0 Å². The summed E-state index contributed by atoms with van der Waals surface area (Å²) in [6, 6.07) is 3.59. The molecule has 37 heavy (non-hydrogen) atoms. The number of alkyl halides is 2. The van der Waals surface area contributed by atoms with Gasteiger partial charge in [-0.1, -0.05) is 19.6 Å². The number of ether oxygens (including phenoxy) is 1. The molecule has 1 aromatic carbocycles. The van der Waals surface area contributed by atoms with Gasteiger partial charge in [0.05, 0.1) is 13.8 Å². The van der Waals surface area contributed by atoms with Crippen molar-refractivity contribution in [1.82, 2.24) is 9.88 Å². The lowest BCUT2D eigenvalue weighted by Crippen LogP contribution is -2.44. The Kier molecular flexibility index (Phi) is 8.72. The number of benzene rings is 1. The van der Waals surface area contributed by atoms with E-state index in [0.717, 1.165) is 18.2 Å². The number of carboxylic acids is 1. The van der Waals surface area contributed by atoms with Gasteiger partial charge in [-0.3, -0.25) is 14.4 Å². The van der Waals surface area contributed by atoms with Crippen LogP contribution < -0.4 is 9.92 Å². The number of ketones is 1. The van der Waals surface area contributed by atoms with Gasteiger partial charge in [0.15, 0.2) is 5.78 Å². The number of hydrogen-bond acceptors (Lipinski definition) is 5. The third kappa shape index (κ3) is 6.94. The van der Waals surface area contributed by atoms with Crippen LogP contribution in [0.5, 0.6) is 5.88 Å². The maximum Gasteiger partial charge on any atom is 0.388 e. The van der Waals surface area contributed by atoms with Crippen LogP contribution in [0.3, 0.4) is 0 Å². The molecule has 1 aromatic heterocycles. The van der Waals surface area contributed by atoms with Gasteiger partial charge >= 0.3 is 12.6 Å². The number of aromatic nitrogens is 1. The van der Waals surface area contributed by atoms with Crippen molar-refractivity contribution >= 4 is 30.9 Å². The molecule has 0 radical (unpaired) electrons. The molecule has 200 valence electrons. The molecule has 1 amide bonds. The maximum absolute atomic E-state index is 14.8. The summed E-state index contributed by atoms with van der Waals surface area (Å²) >= 11 is 0. The summed E-state index contributed by atoms with van der Waals surface area (Å²) in [5, 5.41) is 8.89. The number of aliphatic carboxylic acids is 1. The minimum atomic E-state index is -3.09. The second-order valence-electron chi connectivity index (χ2n) is 9.88. The van der Waals surface area contributed by atoms with Crippen LogP contribution >= 0.6 is 0 Å². The van der Waals surface area contributed by atoms with Crippen molar-refractivity contribution in [3.05, 3.63) is 52.7 Å². The average Bonchev–Trinajstić information content (AvgIpc) is 2.75. The number of nitrogens with zero attached hydrogens (tertiary/aromatic N) is 2. The average molecular weight is 541 g/mol. The molecule has 0 aliphatic carbocycles. The van der Waals surface area contributed by atoms with E-state index in [1.807, 2.05) is 0 Å². The molecule has 0 unspecified atom stereocenters. The van der Waals surface area contributed by atoms with Gasteiger partial charge in [-0.2, -0.15) is 8.78 Å². The molecule has 3 rings (SSSR count). The van der Waals surface area contributed by atoms with Crippen LogP contribution in [0.2, 0.25) is 19.6 Å². The first kappa shape index (κ1) is 28.3. The summed E-state index contributed by atoms with van der Waals surface area (Å²) in [5.74, 6) is -3.88. The molecule has 1 aliphatic heterocycles. The van der Waals surface area contributed by atoms with Crippen LogP contribution in [-0.4, -0.2) is 53.9 Å². The predicted octanol–water partition coefficient (Wildman–Crippen LogP) is 4.00. The van der Waals surface area contributed by atoms with Crippen molar-refractivity contribution in [2.75, 3.05) is 6.54 Å². The number of carbonyl (C=O) groups is 3. The summed E-state index contributed by atoms with van der Waals surface area (Å²) in [5.41, 5.74) is 0.680. The summed E-state index contributed by atoms with van der Waals surface area (Å²) in [4.78, 5) is 42.6. The number of carbonyl (C=O) groups excluding carboxylic acids is 2. The summed E-state index contributed by atoms with van der Waals surface area (Å²) in [6.07, 6.45) is -0.533. The number of Topliss-reactive ketones (excluding diaryl/α,β-unsaturated/α-hetero) is 1. The number of carboxylic acid groups (broad SMARTS) is 1. The van der Waals surface area contributed by atoms with Crippen molar-refractivity contribution in [2.45, 2.75) is 64.4 Å². The fourth-order valence-electron chi connectivity index (χ4n) is 4.51. The summed E-state index contributed by atoms with van der Waals surface area (Å²) in [6.45, 7) is 2.32. The normalized spacial score (nSPS) is 15.5. The van der Waals surface area contributed by atoms with E-state index in [2.05, 4.69) is 9.72 Å². The monoisotopic (exact) mass is 540 g/mol. The molecule has 2 heterocycles. The molecule has 0 bridgehead atoms. The lowest BCUT2D eigenvalue weighted by molar-refractivity contribution is -0.141. The Morgan fingerprint density at radius 3 is 2.35 bits per heavy atom. The largest absolute Gasteiger partial charge is 0.481 e. The lowest BCUT2D eigenvalue weighted by atomic mass is 9.90. The zero-order chi connectivity index (χ0) is 27.5. The number of fused-ring (bicyclic) bond motifs is 1. The minimum absolute atomic E-state index is 0.0255. The minimum Gasteiger partial charge on any atom is -0.481 e. The Morgan fingerprint density at radius 1 is 1.14 bits per heavy atom. The van der Waals surface area contributed by atoms with E-state index in [9.17, 15) is 31.9 Å². The molecule has 1 N–H and O–H groups in total. The lowest BCUT2D eigenvalue weighted by Gasteiger charge is -2.36. The highest BCUT2D eigenvalue weighted by Gasteiger charge is 2.37. The number of pyridine rings is 1. The molecular formula is C25H28F4N2O5Si. The van der Waals surface area contributed by atoms with Crippen LogP contribution in [0.25, 0.3) is 0 Å². The second-order valence-corrected chi connectivity index (χ2v) is 14.9. The first-order chi connectivity index (χ1) is 17.3. The first-order valence-electron chi connectivity index (χ1n) is 11.7.